The van der Waals surface area contributed by atoms with E-state index in [9.17, 15) is 18.0 Å². The number of nitrogens with one attached hydrogen (secondary N) is 1. The standard InChI is InChI=1S/C19H27N3O5S/c1-14-4-6-16(7-5-14)22-15(2)18(23)21(19(22)24)13-20(9-10-27-3)17-8-11-28(25,26)12-17/h4-7,15,17H,8-13H2,1-3H3/p+1/t15-,17+/m0/s1. The number of nitrogens with zero attached hydrogens (tertiary/aromatic N) is 2. The first-order valence-corrected chi connectivity index (χ1v) is 11.3. The Kier molecular flexibility index (Phi) is 6.07. The fourth-order valence-electron chi connectivity index (χ4n) is 3.88. The van der Waals surface area contributed by atoms with Crippen LogP contribution in [0.25, 0.3) is 0 Å². The number of sulfone groups is 1. The molecule has 0 saturated carbocycles. The van der Waals surface area contributed by atoms with Crippen LogP contribution in [0.2, 0.25) is 0 Å². The Labute approximate surface area is 166 Å². The number of urea groups is 1. The minimum atomic E-state index is -3.06. The van der Waals surface area contributed by atoms with Gasteiger partial charge in [0.05, 0.1) is 12.4 Å². The Balaban J connectivity index is 1.79. The molecule has 3 atom stereocenters. The number of methoxy groups -OCH3 is 1. The fraction of sp³-hybridized carbons (Fsp3) is 0.579. The van der Waals surface area contributed by atoms with E-state index in [0.29, 0.717) is 25.3 Å². The number of hydrogen-bond donors (Lipinski definition) is 1. The predicted octanol–water partition coefficient (Wildman–Crippen LogP) is -0.172. The maximum atomic E-state index is 13.0. The van der Waals surface area contributed by atoms with Gasteiger partial charge in [0.1, 0.15) is 24.4 Å². The SMILES string of the molecule is COCC[NH+](CN1C(=O)[C@H](C)N(c2ccc(C)cc2)C1=O)[C@@H]1CCS(=O)(=O)C1. The molecule has 8 nitrogen and oxygen atoms in total. The average Bonchev–Trinajstić information content (AvgIpc) is 3.11. The van der Waals surface area contributed by atoms with Crippen molar-refractivity contribution in [1.82, 2.24) is 4.90 Å². The molecule has 0 aromatic heterocycles. The number of benzene rings is 1. The average molecular weight is 411 g/mol. The molecular formula is C19H28N3O5S+. The Morgan fingerprint density at radius 3 is 2.46 bits per heavy atom. The second-order valence-electron chi connectivity index (χ2n) is 7.59. The smallest absolute Gasteiger partial charge is 0.336 e. The Bertz CT molecular complexity index is 840. The van der Waals surface area contributed by atoms with Crippen molar-refractivity contribution in [3.05, 3.63) is 29.8 Å². The molecule has 0 aliphatic carbocycles. The van der Waals surface area contributed by atoms with E-state index < -0.39 is 15.9 Å². The topological polar surface area (TPSA) is 88.4 Å². The summed E-state index contributed by atoms with van der Waals surface area (Å²) in [6, 6.07) is 6.39. The molecule has 2 heterocycles. The van der Waals surface area contributed by atoms with Gasteiger partial charge in [0.2, 0.25) is 0 Å². The Hall–Kier alpha value is -1.97. The van der Waals surface area contributed by atoms with Crippen molar-refractivity contribution in [3.8, 4) is 0 Å². The lowest BCUT2D eigenvalue weighted by Gasteiger charge is -2.28. The molecule has 0 bridgehead atoms. The third-order valence-corrected chi connectivity index (χ3v) is 7.33. The highest BCUT2D eigenvalue weighted by molar-refractivity contribution is 7.91. The van der Waals surface area contributed by atoms with Crippen LogP contribution < -0.4 is 9.80 Å². The lowest BCUT2D eigenvalue weighted by Crippen LogP contribution is -3.18. The molecule has 1 unspecified atom stereocenters. The van der Waals surface area contributed by atoms with Crippen molar-refractivity contribution < 1.29 is 27.6 Å². The Morgan fingerprint density at radius 1 is 1.21 bits per heavy atom. The highest BCUT2D eigenvalue weighted by Crippen LogP contribution is 2.25. The lowest BCUT2D eigenvalue weighted by molar-refractivity contribution is -0.929. The quantitative estimate of drug-likeness (QED) is 0.631. The van der Waals surface area contributed by atoms with E-state index in [1.807, 2.05) is 31.2 Å². The zero-order valence-corrected chi connectivity index (χ0v) is 17.4. The predicted molar refractivity (Wildman–Crippen MR) is 105 cm³/mol. The van der Waals surface area contributed by atoms with Crippen molar-refractivity contribution in [2.75, 3.05) is 43.3 Å². The number of imide groups is 1. The van der Waals surface area contributed by atoms with Crippen LogP contribution in [0.4, 0.5) is 10.5 Å². The van der Waals surface area contributed by atoms with Crippen LogP contribution >= 0.6 is 0 Å². The first-order valence-electron chi connectivity index (χ1n) is 9.48. The van der Waals surface area contributed by atoms with Crippen molar-refractivity contribution in [2.24, 2.45) is 0 Å². The molecule has 1 aromatic carbocycles. The van der Waals surface area contributed by atoms with E-state index in [0.717, 1.165) is 10.5 Å². The number of rotatable bonds is 7. The highest BCUT2D eigenvalue weighted by atomic mass is 32.2. The van der Waals surface area contributed by atoms with E-state index in [2.05, 4.69) is 0 Å². The molecule has 3 rings (SSSR count). The molecule has 0 spiro atoms. The van der Waals surface area contributed by atoms with E-state index >= 15 is 0 Å². The third-order valence-electron chi connectivity index (χ3n) is 5.56. The van der Waals surface area contributed by atoms with Gasteiger partial charge in [-0.25, -0.2) is 18.1 Å². The summed E-state index contributed by atoms with van der Waals surface area (Å²) in [6.45, 7) is 4.79. The summed E-state index contributed by atoms with van der Waals surface area (Å²) in [5, 5.41) is 0. The molecule has 28 heavy (non-hydrogen) atoms. The monoisotopic (exact) mass is 410 g/mol. The number of hydrogen-bond acceptors (Lipinski definition) is 5. The maximum absolute atomic E-state index is 13.0. The molecule has 2 aliphatic rings. The van der Waals surface area contributed by atoms with Gasteiger partial charge in [-0.15, -0.1) is 0 Å². The summed E-state index contributed by atoms with van der Waals surface area (Å²) >= 11 is 0. The van der Waals surface area contributed by atoms with Crippen LogP contribution in [-0.2, 0) is 19.4 Å². The molecule has 1 aromatic rings. The van der Waals surface area contributed by atoms with Crippen LogP contribution in [0, 0.1) is 6.92 Å². The van der Waals surface area contributed by atoms with Gasteiger partial charge in [-0.05, 0) is 26.0 Å². The molecular weight excluding hydrogens is 382 g/mol. The fourth-order valence-corrected chi connectivity index (χ4v) is 5.70. The molecule has 9 heteroatoms. The lowest BCUT2D eigenvalue weighted by atomic mass is 10.2. The van der Waals surface area contributed by atoms with Crippen molar-refractivity contribution >= 4 is 27.5 Å². The zero-order valence-electron chi connectivity index (χ0n) is 16.6. The second-order valence-corrected chi connectivity index (χ2v) is 9.82. The number of quaternary nitrogens is 1. The zero-order chi connectivity index (χ0) is 20.5. The van der Waals surface area contributed by atoms with Gasteiger partial charge in [0.15, 0.2) is 16.5 Å². The van der Waals surface area contributed by atoms with E-state index in [4.69, 9.17) is 4.74 Å². The summed E-state index contributed by atoms with van der Waals surface area (Å²) in [4.78, 5) is 29.5. The summed E-state index contributed by atoms with van der Waals surface area (Å²) in [5.41, 5.74) is 1.75. The molecule has 154 valence electrons. The van der Waals surface area contributed by atoms with Crippen LogP contribution in [0.5, 0.6) is 0 Å². The van der Waals surface area contributed by atoms with Gasteiger partial charge in [0, 0.05) is 19.2 Å². The van der Waals surface area contributed by atoms with Crippen molar-refractivity contribution in [1.29, 1.82) is 0 Å². The number of aryl methyl sites for hydroxylation is 1. The van der Waals surface area contributed by atoms with Crippen molar-refractivity contribution in [3.63, 3.8) is 0 Å². The van der Waals surface area contributed by atoms with Gasteiger partial charge in [-0.3, -0.25) is 9.69 Å². The maximum Gasteiger partial charge on any atom is 0.336 e. The van der Waals surface area contributed by atoms with Gasteiger partial charge in [0.25, 0.3) is 5.91 Å². The highest BCUT2D eigenvalue weighted by Gasteiger charge is 2.46. The number of amides is 3. The summed E-state index contributed by atoms with van der Waals surface area (Å²) in [6.07, 6.45) is 0.537. The summed E-state index contributed by atoms with van der Waals surface area (Å²) < 4.78 is 29.0. The van der Waals surface area contributed by atoms with E-state index in [-0.39, 0.29) is 36.2 Å². The van der Waals surface area contributed by atoms with Crippen LogP contribution in [-0.4, -0.2) is 75.8 Å². The van der Waals surface area contributed by atoms with Gasteiger partial charge < -0.3 is 9.64 Å². The molecule has 2 aliphatic heterocycles. The number of carbonyl (C=O) groups is 2. The molecule has 2 saturated heterocycles. The first kappa shape index (κ1) is 20.8. The van der Waals surface area contributed by atoms with Crippen LogP contribution in [0.15, 0.2) is 24.3 Å². The van der Waals surface area contributed by atoms with E-state index in [1.54, 1.807) is 14.0 Å². The first-order chi connectivity index (χ1) is 13.2. The Morgan fingerprint density at radius 2 is 1.89 bits per heavy atom. The third kappa shape index (κ3) is 4.21. The van der Waals surface area contributed by atoms with Gasteiger partial charge in [-0.2, -0.15) is 0 Å². The normalized spacial score (nSPS) is 25.5. The molecule has 3 amide bonds. The molecule has 2 fully saturated rings. The van der Waals surface area contributed by atoms with Crippen LogP contribution in [0.1, 0.15) is 18.9 Å². The number of anilines is 1. The molecule has 1 N–H and O–H groups in total. The summed E-state index contributed by atoms with van der Waals surface area (Å²) in [7, 11) is -1.48. The second kappa shape index (κ2) is 8.18. The van der Waals surface area contributed by atoms with E-state index in [1.165, 1.54) is 9.80 Å². The molecule has 0 radical (unpaired) electrons. The minimum Gasteiger partial charge on any atom is -0.379 e. The largest absolute Gasteiger partial charge is 0.379 e. The number of carbonyl (C=O) groups excluding carboxylic acids is 2. The van der Waals surface area contributed by atoms with Gasteiger partial charge >= 0.3 is 6.03 Å². The number of ether oxygens (including phenoxy) is 1. The van der Waals surface area contributed by atoms with Crippen LogP contribution in [0.3, 0.4) is 0 Å². The summed E-state index contributed by atoms with van der Waals surface area (Å²) in [5.74, 6) is -0.0251. The van der Waals surface area contributed by atoms with Gasteiger partial charge in [-0.1, -0.05) is 17.7 Å². The minimum absolute atomic E-state index is 0.0828. The van der Waals surface area contributed by atoms with Crippen molar-refractivity contribution in [2.45, 2.75) is 32.4 Å².